The molecule has 96 valence electrons. The topological polar surface area (TPSA) is 38.2 Å². The van der Waals surface area contributed by atoms with E-state index in [-0.39, 0.29) is 0 Å². The van der Waals surface area contributed by atoms with E-state index in [1.54, 1.807) is 11.3 Å². The van der Waals surface area contributed by atoms with Crippen molar-refractivity contribution in [3.63, 3.8) is 0 Å². The number of piperidine rings is 1. The molecular formula is C12H21N3OS. The maximum absolute atomic E-state index is 5.23. The minimum atomic E-state index is 0.648. The standard InChI is InChI=1S/C10H15N3OS.C2H6/c1-3-13(9-5-14-6-9)4-2-8(1)10-12-11-7-15-10;1-2/h7-9H,1-6H2;1-2H3. The molecule has 0 atom stereocenters. The van der Waals surface area contributed by atoms with Gasteiger partial charge in [0.1, 0.15) is 10.5 Å². The first-order valence-electron chi connectivity index (χ1n) is 6.51. The van der Waals surface area contributed by atoms with Crippen LogP contribution in [0, 0.1) is 0 Å². The molecule has 0 aliphatic carbocycles. The molecule has 0 unspecified atom stereocenters. The van der Waals surface area contributed by atoms with E-state index in [2.05, 4.69) is 15.1 Å². The lowest BCUT2D eigenvalue weighted by molar-refractivity contribution is -0.0712. The Bertz CT molecular complexity index is 306. The lowest BCUT2D eigenvalue weighted by Crippen LogP contribution is -2.51. The van der Waals surface area contributed by atoms with Crippen molar-refractivity contribution in [1.29, 1.82) is 0 Å². The number of ether oxygens (including phenoxy) is 1. The van der Waals surface area contributed by atoms with Crippen LogP contribution < -0.4 is 0 Å². The van der Waals surface area contributed by atoms with Gasteiger partial charge in [-0.25, -0.2) is 0 Å². The fourth-order valence-electron chi connectivity index (χ4n) is 2.31. The van der Waals surface area contributed by atoms with Gasteiger partial charge in [0.2, 0.25) is 0 Å². The van der Waals surface area contributed by atoms with E-state index in [0.717, 1.165) is 13.2 Å². The van der Waals surface area contributed by atoms with Gasteiger partial charge in [0.15, 0.2) is 0 Å². The third kappa shape index (κ3) is 3.03. The SMILES string of the molecule is CC.c1nnc(C2CCN(C3COC3)CC2)s1. The molecule has 4 nitrogen and oxygen atoms in total. The summed E-state index contributed by atoms with van der Waals surface area (Å²) in [7, 11) is 0. The van der Waals surface area contributed by atoms with Gasteiger partial charge in [0.05, 0.1) is 19.3 Å². The van der Waals surface area contributed by atoms with Gasteiger partial charge in [-0.05, 0) is 25.9 Å². The molecule has 17 heavy (non-hydrogen) atoms. The van der Waals surface area contributed by atoms with Crippen molar-refractivity contribution in [2.24, 2.45) is 0 Å². The molecule has 0 amide bonds. The third-order valence-corrected chi connectivity index (χ3v) is 4.25. The molecule has 2 fully saturated rings. The van der Waals surface area contributed by atoms with Gasteiger partial charge in [-0.3, -0.25) is 4.90 Å². The average Bonchev–Trinajstić information content (AvgIpc) is 2.84. The number of nitrogens with zero attached hydrogens (tertiary/aromatic N) is 3. The first-order valence-corrected chi connectivity index (χ1v) is 7.39. The van der Waals surface area contributed by atoms with Crippen molar-refractivity contribution in [2.45, 2.75) is 38.6 Å². The molecule has 2 aliphatic rings. The zero-order valence-corrected chi connectivity index (χ0v) is 11.4. The normalized spacial score (nSPS) is 22.7. The van der Waals surface area contributed by atoms with Crippen LogP contribution in [-0.4, -0.2) is 47.4 Å². The molecule has 2 aliphatic heterocycles. The largest absolute Gasteiger partial charge is 0.378 e. The highest BCUT2D eigenvalue weighted by molar-refractivity contribution is 7.09. The lowest BCUT2D eigenvalue weighted by atomic mass is 9.96. The van der Waals surface area contributed by atoms with Crippen molar-refractivity contribution >= 4 is 11.3 Å². The molecule has 1 aromatic rings. The number of rotatable bonds is 2. The molecule has 5 heteroatoms. The second kappa shape index (κ2) is 6.42. The highest BCUT2D eigenvalue weighted by Crippen LogP contribution is 2.30. The molecule has 2 saturated heterocycles. The van der Waals surface area contributed by atoms with E-state index in [1.165, 1.54) is 30.9 Å². The maximum atomic E-state index is 5.23. The first kappa shape index (κ1) is 12.9. The summed E-state index contributed by atoms with van der Waals surface area (Å²) in [5, 5.41) is 9.30. The Hall–Kier alpha value is -0.520. The molecule has 0 saturated carbocycles. The Labute approximate surface area is 107 Å². The van der Waals surface area contributed by atoms with Gasteiger partial charge in [-0.1, -0.05) is 13.8 Å². The molecule has 0 radical (unpaired) electrons. The van der Waals surface area contributed by atoms with Gasteiger partial charge >= 0.3 is 0 Å². The second-order valence-corrected chi connectivity index (χ2v) is 5.14. The molecule has 0 spiro atoms. The predicted octanol–water partition coefficient (Wildman–Crippen LogP) is 2.14. The van der Waals surface area contributed by atoms with Crippen molar-refractivity contribution in [3.8, 4) is 0 Å². The minimum Gasteiger partial charge on any atom is -0.378 e. The Morgan fingerprint density at radius 3 is 2.47 bits per heavy atom. The van der Waals surface area contributed by atoms with Gasteiger partial charge in [-0.15, -0.1) is 21.5 Å². The summed E-state index contributed by atoms with van der Waals surface area (Å²) < 4.78 is 5.23. The van der Waals surface area contributed by atoms with Gasteiger partial charge < -0.3 is 4.74 Å². The van der Waals surface area contributed by atoms with Crippen LogP contribution in [0.2, 0.25) is 0 Å². The van der Waals surface area contributed by atoms with Crippen LogP contribution in [0.15, 0.2) is 5.51 Å². The van der Waals surface area contributed by atoms with Crippen LogP contribution in [-0.2, 0) is 4.74 Å². The first-order chi connectivity index (χ1) is 8.43. The highest BCUT2D eigenvalue weighted by atomic mass is 32.1. The van der Waals surface area contributed by atoms with E-state index in [0.29, 0.717) is 12.0 Å². The summed E-state index contributed by atoms with van der Waals surface area (Å²) in [4.78, 5) is 2.56. The van der Waals surface area contributed by atoms with E-state index < -0.39 is 0 Å². The Kier molecular flexibility index (Phi) is 4.88. The van der Waals surface area contributed by atoms with Crippen LogP contribution in [0.4, 0.5) is 0 Å². The van der Waals surface area contributed by atoms with Crippen molar-refractivity contribution in [2.75, 3.05) is 26.3 Å². The zero-order chi connectivity index (χ0) is 12.1. The summed E-state index contributed by atoms with van der Waals surface area (Å²) in [5.74, 6) is 0.648. The smallest absolute Gasteiger partial charge is 0.120 e. The molecule has 3 heterocycles. The van der Waals surface area contributed by atoms with Gasteiger partial charge in [0, 0.05) is 5.92 Å². The summed E-state index contributed by atoms with van der Waals surface area (Å²) in [5.41, 5.74) is 1.83. The van der Waals surface area contributed by atoms with Crippen LogP contribution in [0.1, 0.15) is 37.6 Å². The van der Waals surface area contributed by atoms with Crippen molar-refractivity contribution < 1.29 is 4.74 Å². The Morgan fingerprint density at radius 1 is 1.29 bits per heavy atom. The van der Waals surface area contributed by atoms with Crippen molar-refractivity contribution in [3.05, 3.63) is 10.5 Å². The quantitative estimate of drug-likeness (QED) is 0.811. The van der Waals surface area contributed by atoms with Crippen LogP contribution in [0.25, 0.3) is 0 Å². The van der Waals surface area contributed by atoms with Crippen LogP contribution >= 0.6 is 11.3 Å². The number of aromatic nitrogens is 2. The summed E-state index contributed by atoms with van der Waals surface area (Å²) >= 11 is 1.69. The fourth-order valence-corrected chi connectivity index (χ4v) is 3.03. The number of likely N-dealkylation sites (tertiary alicyclic amines) is 1. The second-order valence-electron chi connectivity index (χ2n) is 4.28. The molecular weight excluding hydrogens is 234 g/mol. The molecule has 0 N–H and O–H groups in total. The highest BCUT2D eigenvalue weighted by Gasteiger charge is 2.30. The zero-order valence-electron chi connectivity index (χ0n) is 10.6. The lowest BCUT2D eigenvalue weighted by Gasteiger charge is -2.41. The van der Waals surface area contributed by atoms with E-state index in [1.807, 2.05) is 19.4 Å². The summed E-state index contributed by atoms with van der Waals surface area (Å²) in [6.07, 6.45) is 2.46. The molecule has 0 aromatic carbocycles. The fraction of sp³-hybridized carbons (Fsp3) is 0.833. The number of hydrogen-bond acceptors (Lipinski definition) is 5. The average molecular weight is 255 g/mol. The van der Waals surface area contributed by atoms with Crippen molar-refractivity contribution in [1.82, 2.24) is 15.1 Å². The Balaban J connectivity index is 0.000000514. The Morgan fingerprint density at radius 2 is 2.00 bits per heavy atom. The minimum absolute atomic E-state index is 0.648. The summed E-state index contributed by atoms with van der Waals surface area (Å²) in [6, 6.07) is 0.695. The van der Waals surface area contributed by atoms with Gasteiger partial charge in [-0.2, -0.15) is 0 Å². The van der Waals surface area contributed by atoms with Gasteiger partial charge in [0.25, 0.3) is 0 Å². The summed E-state index contributed by atoms with van der Waals surface area (Å²) in [6.45, 7) is 8.25. The maximum Gasteiger partial charge on any atom is 0.120 e. The molecule has 0 bridgehead atoms. The molecule has 1 aromatic heterocycles. The van der Waals surface area contributed by atoms with E-state index >= 15 is 0 Å². The predicted molar refractivity (Wildman–Crippen MR) is 69.4 cm³/mol. The monoisotopic (exact) mass is 255 g/mol. The third-order valence-electron chi connectivity index (χ3n) is 3.39. The van der Waals surface area contributed by atoms with E-state index in [4.69, 9.17) is 4.74 Å². The molecule has 3 rings (SSSR count). The number of hydrogen-bond donors (Lipinski definition) is 0. The van der Waals surface area contributed by atoms with Crippen LogP contribution in [0.3, 0.4) is 0 Å². The van der Waals surface area contributed by atoms with Crippen LogP contribution in [0.5, 0.6) is 0 Å². The van der Waals surface area contributed by atoms with E-state index in [9.17, 15) is 0 Å².